The summed E-state index contributed by atoms with van der Waals surface area (Å²) in [6, 6.07) is -0.245. The summed E-state index contributed by atoms with van der Waals surface area (Å²) in [6.45, 7) is 5.01. The van der Waals surface area contributed by atoms with E-state index in [1.165, 1.54) is 0 Å². The van der Waals surface area contributed by atoms with Gasteiger partial charge >= 0.3 is 12.0 Å². The van der Waals surface area contributed by atoms with E-state index in [4.69, 9.17) is 14.6 Å². The van der Waals surface area contributed by atoms with Crippen molar-refractivity contribution in [1.29, 1.82) is 0 Å². The van der Waals surface area contributed by atoms with Crippen molar-refractivity contribution >= 4 is 12.0 Å². The summed E-state index contributed by atoms with van der Waals surface area (Å²) in [6.07, 6.45) is 0.211. The Hall–Kier alpha value is -1.38. The van der Waals surface area contributed by atoms with Crippen LogP contribution in [0.5, 0.6) is 0 Å². The number of nitrogens with zero attached hydrogens (tertiary/aromatic N) is 1. The molecule has 0 aromatic carbocycles. The van der Waals surface area contributed by atoms with Gasteiger partial charge in [0.15, 0.2) is 6.10 Å². The van der Waals surface area contributed by atoms with E-state index in [-0.39, 0.29) is 12.1 Å². The van der Waals surface area contributed by atoms with Gasteiger partial charge in [-0.1, -0.05) is 0 Å². The molecule has 8 nitrogen and oxygen atoms in total. The molecule has 3 N–H and O–H groups in total. The predicted molar refractivity (Wildman–Crippen MR) is 74.2 cm³/mol. The van der Waals surface area contributed by atoms with Crippen molar-refractivity contribution in [3.05, 3.63) is 0 Å². The summed E-state index contributed by atoms with van der Waals surface area (Å²) in [5, 5.41) is 14.3. The molecule has 8 heteroatoms. The van der Waals surface area contributed by atoms with Crippen LogP contribution in [-0.4, -0.2) is 80.2 Å². The normalized spacial score (nSPS) is 26.5. The second-order valence-electron chi connectivity index (χ2n) is 5.25. The lowest BCUT2D eigenvalue weighted by Crippen LogP contribution is -2.45. The van der Waals surface area contributed by atoms with E-state index in [0.29, 0.717) is 25.9 Å². The molecule has 0 bridgehead atoms. The molecule has 0 saturated carbocycles. The molecular weight excluding hydrogens is 278 g/mol. The van der Waals surface area contributed by atoms with Gasteiger partial charge in [0.2, 0.25) is 0 Å². The van der Waals surface area contributed by atoms with E-state index in [1.54, 1.807) is 0 Å². The number of nitrogens with one attached hydrogen (secondary N) is 2. The third-order valence-corrected chi connectivity index (χ3v) is 3.69. The van der Waals surface area contributed by atoms with Gasteiger partial charge in [-0.05, 0) is 12.8 Å². The molecule has 0 radical (unpaired) electrons. The number of carboxylic acid groups (broad SMARTS) is 1. The summed E-state index contributed by atoms with van der Waals surface area (Å²) in [5.74, 6) is -0.938. The van der Waals surface area contributed by atoms with Gasteiger partial charge in [0, 0.05) is 32.7 Å². The number of carbonyl (C=O) groups excluding carboxylic acids is 1. The van der Waals surface area contributed by atoms with Crippen molar-refractivity contribution in [3.63, 3.8) is 0 Å². The minimum atomic E-state index is -0.938. The van der Waals surface area contributed by atoms with E-state index in [1.807, 2.05) is 0 Å². The van der Waals surface area contributed by atoms with Crippen LogP contribution < -0.4 is 10.6 Å². The van der Waals surface area contributed by atoms with Crippen LogP contribution in [0.4, 0.5) is 4.79 Å². The molecule has 21 heavy (non-hydrogen) atoms. The van der Waals surface area contributed by atoms with Gasteiger partial charge in [-0.25, -0.2) is 9.59 Å². The zero-order valence-electron chi connectivity index (χ0n) is 12.0. The minimum absolute atomic E-state index is 0.212. The van der Waals surface area contributed by atoms with Crippen LogP contribution >= 0.6 is 0 Å². The highest BCUT2D eigenvalue weighted by Gasteiger charge is 2.30. The van der Waals surface area contributed by atoms with E-state index < -0.39 is 12.1 Å². The molecule has 2 atom stereocenters. The Labute approximate surface area is 123 Å². The number of hydrogen-bond donors (Lipinski definition) is 3. The van der Waals surface area contributed by atoms with Crippen LogP contribution in [0.25, 0.3) is 0 Å². The molecular formula is C13H23N3O5. The first-order valence-electron chi connectivity index (χ1n) is 7.35. The van der Waals surface area contributed by atoms with Gasteiger partial charge in [-0.2, -0.15) is 0 Å². The molecule has 0 aromatic heterocycles. The number of hydrogen-bond acceptors (Lipinski definition) is 5. The van der Waals surface area contributed by atoms with E-state index in [2.05, 4.69) is 15.5 Å². The van der Waals surface area contributed by atoms with Gasteiger partial charge < -0.3 is 25.2 Å². The molecule has 2 aliphatic rings. The Balaban J connectivity index is 1.52. The van der Waals surface area contributed by atoms with Crippen molar-refractivity contribution in [3.8, 4) is 0 Å². The minimum Gasteiger partial charge on any atom is -0.479 e. The van der Waals surface area contributed by atoms with Crippen LogP contribution in [0.1, 0.15) is 12.8 Å². The molecule has 0 spiro atoms. The highest BCUT2D eigenvalue weighted by Crippen LogP contribution is 2.19. The molecule has 2 unspecified atom stereocenters. The number of aliphatic carboxylic acids is 1. The summed E-state index contributed by atoms with van der Waals surface area (Å²) in [5.41, 5.74) is 0. The number of rotatable bonds is 6. The average Bonchev–Trinajstić information content (AvgIpc) is 2.95. The number of urea groups is 1. The Morgan fingerprint density at radius 1 is 1.19 bits per heavy atom. The SMILES string of the molecule is O=C(NCCN1CCOCC1)NCC1CCC(C(=O)O)O1. The number of morpholine rings is 1. The molecule has 2 fully saturated rings. The maximum absolute atomic E-state index is 11.6. The molecule has 2 amide bonds. The maximum atomic E-state index is 11.6. The predicted octanol–water partition coefficient (Wildman–Crippen LogP) is -0.750. The van der Waals surface area contributed by atoms with Gasteiger partial charge in [0.25, 0.3) is 0 Å². The van der Waals surface area contributed by atoms with Gasteiger partial charge in [0.05, 0.1) is 19.3 Å². The van der Waals surface area contributed by atoms with E-state index >= 15 is 0 Å². The quantitative estimate of drug-likeness (QED) is 0.597. The van der Waals surface area contributed by atoms with Crippen molar-refractivity contribution in [1.82, 2.24) is 15.5 Å². The lowest BCUT2D eigenvalue weighted by molar-refractivity contribution is -0.149. The second-order valence-corrected chi connectivity index (χ2v) is 5.25. The molecule has 2 saturated heterocycles. The van der Waals surface area contributed by atoms with Gasteiger partial charge in [0.1, 0.15) is 0 Å². The van der Waals surface area contributed by atoms with Crippen LogP contribution in [0.15, 0.2) is 0 Å². The Morgan fingerprint density at radius 3 is 2.62 bits per heavy atom. The fraction of sp³-hybridized carbons (Fsp3) is 0.846. The third-order valence-electron chi connectivity index (χ3n) is 3.69. The molecule has 0 aromatic rings. The molecule has 0 aliphatic carbocycles. The Morgan fingerprint density at radius 2 is 1.95 bits per heavy atom. The van der Waals surface area contributed by atoms with Crippen molar-refractivity contribution < 1.29 is 24.2 Å². The fourth-order valence-corrected chi connectivity index (χ4v) is 2.46. The number of carbonyl (C=O) groups is 2. The van der Waals surface area contributed by atoms with Crippen molar-refractivity contribution in [2.45, 2.75) is 25.0 Å². The first kappa shape index (κ1) is 16.0. The average molecular weight is 301 g/mol. The second kappa shape index (κ2) is 8.16. The molecule has 120 valence electrons. The third kappa shape index (κ3) is 5.49. The first-order valence-corrected chi connectivity index (χ1v) is 7.35. The largest absolute Gasteiger partial charge is 0.479 e. The number of amides is 2. The topological polar surface area (TPSA) is 100 Å². The lowest BCUT2D eigenvalue weighted by Gasteiger charge is -2.26. The van der Waals surface area contributed by atoms with Gasteiger partial charge in [-0.15, -0.1) is 0 Å². The smallest absolute Gasteiger partial charge is 0.332 e. The fourth-order valence-electron chi connectivity index (χ4n) is 2.46. The van der Waals surface area contributed by atoms with Crippen molar-refractivity contribution in [2.24, 2.45) is 0 Å². The number of ether oxygens (including phenoxy) is 2. The lowest BCUT2D eigenvalue weighted by atomic mass is 10.2. The zero-order chi connectivity index (χ0) is 15.1. The van der Waals surface area contributed by atoms with Crippen LogP contribution in [0.3, 0.4) is 0 Å². The maximum Gasteiger partial charge on any atom is 0.332 e. The highest BCUT2D eigenvalue weighted by molar-refractivity contribution is 5.74. The van der Waals surface area contributed by atoms with Gasteiger partial charge in [-0.3, -0.25) is 4.90 Å². The first-order chi connectivity index (χ1) is 10.1. The standard InChI is InChI=1S/C13H23N3O5/c17-12(18)11-2-1-10(21-11)9-15-13(19)14-3-4-16-5-7-20-8-6-16/h10-11H,1-9H2,(H,17,18)(H2,14,15,19). The van der Waals surface area contributed by atoms with Crippen LogP contribution in [-0.2, 0) is 14.3 Å². The Bertz CT molecular complexity index is 360. The Kier molecular flexibility index (Phi) is 6.21. The molecule has 2 heterocycles. The zero-order valence-corrected chi connectivity index (χ0v) is 12.0. The number of carboxylic acids is 1. The van der Waals surface area contributed by atoms with E-state index in [9.17, 15) is 9.59 Å². The van der Waals surface area contributed by atoms with Crippen molar-refractivity contribution in [2.75, 3.05) is 45.9 Å². The highest BCUT2D eigenvalue weighted by atomic mass is 16.5. The summed E-state index contributed by atoms with van der Waals surface area (Å²) in [4.78, 5) is 24.6. The monoisotopic (exact) mass is 301 g/mol. The van der Waals surface area contributed by atoms with E-state index in [0.717, 1.165) is 32.8 Å². The summed E-state index contributed by atoms with van der Waals surface area (Å²) < 4.78 is 10.6. The van der Waals surface area contributed by atoms with Crippen LogP contribution in [0.2, 0.25) is 0 Å². The van der Waals surface area contributed by atoms with Crippen LogP contribution in [0, 0.1) is 0 Å². The summed E-state index contributed by atoms with van der Waals surface area (Å²) >= 11 is 0. The molecule has 2 rings (SSSR count). The summed E-state index contributed by atoms with van der Waals surface area (Å²) in [7, 11) is 0. The molecule has 2 aliphatic heterocycles.